The van der Waals surface area contributed by atoms with Gasteiger partial charge in [0.1, 0.15) is 5.83 Å². The molecule has 1 atom stereocenters. The molecule has 0 saturated carbocycles. The number of carbonyl (C=O) groups is 1. The number of allylic oxidation sites excluding steroid dienone is 3. The van der Waals surface area contributed by atoms with E-state index in [4.69, 9.17) is 0 Å². The maximum atomic E-state index is 13.9. The molecule has 3 heteroatoms. The van der Waals surface area contributed by atoms with Crippen molar-refractivity contribution < 1.29 is 9.18 Å². The van der Waals surface area contributed by atoms with Gasteiger partial charge in [0.05, 0.1) is 6.04 Å². The highest BCUT2D eigenvalue weighted by Gasteiger charge is 2.28. The third kappa shape index (κ3) is 5.41. The van der Waals surface area contributed by atoms with E-state index in [1.807, 2.05) is 20.8 Å². The molecule has 0 radical (unpaired) electrons. The van der Waals surface area contributed by atoms with Crippen molar-refractivity contribution in [3.8, 4) is 0 Å². The van der Waals surface area contributed by atoms with E-state index in [0.29, 0.717) is 5.57 Å². The minimum Gasteiger partial charge on any atom is -0.298 e. The van der Waals surface area contributed by atoms with Crippen LogP contribution in [0.1, 0.15) is 47.0 Å². The highest BCUT2D eigenvalue weighted by Crippen LogP contribution is 2.23. The van der Waals surface area contributed by atoms with E-state index in [1.165, 1.54) is 19.4 Å². The van der Waals surface area contributed by atoms with Crippen LogP contribution in [0.3, 0.4) is 0 Å². The number of Topliss-reactive ketones (excluding diaryl/α,β-unsaturated/α-hetero) is 1. The summed E-state index contributed by atoms with van der Waals surface area (Å²) in [4.78, 5) is 13.9. The van der Waals surface area contributed by atoms with Crippen molar-refractivity contribution in [1.82, 2.24) is 4.90 Å². The molecule has 20 heavy (non-hydrogen) atoms. The Hall–Kier alpha value is -1.22. The first-order valence-corrected chi connectivity index (χ1v) is 7.51. The molecule has 2 nitrogen and oxygen atoms in total. The van der Waals surface area contributed by atoms with Crippen molar-refractivity contribution >= 4 is 5.78 Å². The highest BCUT2D eigenvalue weighted by atomic mass is 19.1. The van der Waals surface area contributed by atoms with Gasteiger partial charge in [-0.1, -0.05) is 39.0 Å². The summed E-state index contributed by atoms with van der Waals surface area (Å²) >= 11 is 0. The lowest BCUT2D eigenvalue weighted by Crippen LogP contribution is -2.44. The Kier molecular flexibility index (Phi) is 9.91. The second kappa shape index (κ2) is 10.6. The molecule has 1 aliphatic rings. The molecule has 1 rings (SSSR count). The van der Waals surface area contributed by atoms with Crippen LogP contribution in [-0.2, 0) is 4.79 Å². The average molecular weight is 281 g/mol. The van der Waals surface area contributed by atoms with Gasteiger partial charge >= 0.3 is 0 Å². The van der Waals surface area contributed by atoms with Crippen molar-refractivity contribution in [2.75, 3.05) is 13.1 Å². The Morgan fingerprint density at radius 3 is 2.20 bits per heavy atom. The van der Waals surface area contributed by atoms with Gasteiger partial charge in [0.2, 0.25) is 0 Å². The lowest BCUT2D eigenvalue weighted by molar-refractivity contribution is -0.121. The second-order valence-electron chi connectivity index (χ2n) is 4.62. The summed E-state index contributed by atoms with van der Waals surface area (Å²) in [5.41, 5.74) is 0.432. The molecule has 1 aliphatic heterocycles. The third-order valence-corrected chi connectivity index (χ3v) is 3.24. The summed E-state index contributed by atoms with van der Waals surface area (Å²) in [5, 5.41) is 0. The molecule has 1 saturated heterocycles. The largest absolute Gasteiger partial charge is 0.298 e. The molecule has 0 spiro atoms. The zero-order valence-corrected chi connectivity index (χ0v) is 13.3. The Bertz CT molecular complexity index is 365. The molecule has 1 heterocycles. The highest BCUT2D eigenvalue weighted by molar-refractivity contribution is 5.85. The van der Waals surface area contributed by atoms with E-state index in [2.05, 4.69) is 11.5 Å². The Morgan fingerprint density at radius 1 is 1.25 bits per heavy atom. The summed E-state index contributed by atoms with van der Waals surface area (Å²) in [7, 11) is 0. The van der Waals surface area contributed by atoms with E-state index in [1.54, 1.807) is 12.2 Å². The topological polar surface area (TPSA) is 20.3 Å². The van der Waals surface area contributed by atoms with Gasteiger partial charge in [-0.2, -0.15) is 0 Å². The van der Waals surface area contributed by atoms with Gasteiger partial charge in [-0.05, 0) is 45.9 Å². The molecule has 114 valence electrons. The number of hydrogen-bond donors (Lipinski definition) is 0. The van der Waals surface area contributed by atoms with Crippen LogP contribution in [0.25, 0.3) is 0 Å². The summed E-state index contributed by atoms with van der Waals surface area (Å²) in [6.45, 7) is 12.5. The predicted octanol–water partition coefficient (Wildman–Crippen LogP) is 4.44. The van der Waals surface area contributed by atoms with Crippen LogP contribution in [-0.4, -0.2) is 29.8 Å². The van der Waals surface area contributed by atoms with Crippen LogP contribution >= 0.6 is 0 Å². The molecule has 0 amide bonds. The molecule has 1 fully saturated rings. The average Bonchev–Trinajstić information content (AvgIpc) is 2.48. The van der Waals surface area contributed by atoms with E-state index in [-0.39, 0.29) is 5.78 Å². The molecule has 0 N–H and O–H groups in total. The first-order valence-electron chi connectivity index (χ1n) is 7.51. The van der Waals surface area contributed by atoms with Gasteiger partial charge in [-0.15, -0.1) is 0 Å². The summed E-state index contributed by atoms with van der Waals surface area (Å²) in [6, 6.07) is -0.473. The molecular formula is C17H28FNO. The van der Waals surface area contributed by atoms with Crippen LogP contribution in [0.5, 0.6) is 0 Å². The van der Waals surface area contributed by atoms with E-state index < -0.39 is 11.9 Å². The van der Waals surface area contributed by atoms with E-state index in [0.717, 1.165) is 25.9 Å². The number of rotatable bonds is 5. The zero-order chi connectivity index (χ0) is 15.5. The number of ketones is 1. The van der Waals surface area contributed by atoms with Crippen molar-refractivity contribution in [2.24, 2.45) is 0 Å². The predicted molar refractivity (Wildman–Crippen MR) is 84.4 cm³/mol. The fourth-order valence-electron chi connectivity index (χ4n) is 2.45. The van der Waals surface area contributed by atoms with E-state index >= 15 is 0 Å². The minimum atomic E-state index is -0.473. The summed E-state index contributed by atoms with van der Waals surface area (Å²) in [6.07, 6.45) is 7.95. The maximum Gasteiger partial charge on any atom is 0.151 e. The van der Waals surface area contributed by atoms with Crippen LogP contribution in [0.15, 0.2) is 36.2 Å². The van der Waals surface area contributed by atoms with Crippen molar-refractivity contribution in [3.05, 3.63) is 36.2 Å². The normalized spacial score (nSPS) is 18.9. The van der Waals surface area contributed by atoms with Crippen LogP contribution < -0.4 is 0 Å². The first kappa shape index (κ1) is 18.8. The zero-order valence-electron chi connectivity index (χ0n) is 13.3. The second-order valence-corrected chi connectivity index (χ2v) is 4.62. The lowest BCUT2D eigenvalue weighted by Gasteiger charge is -2.33. The number of likely N-dealkylation sites (tertiary alicyclic amines) is 1. The van der Waals surface area contributed by atoms with Gasteiger partial charge < -0.3 is 0 Å². The molecule has 0 aromatic rings. The van der Waals surface area contributed by atoms with Gasteiger partial charge in [0, 0.05) is 5.57 Å². The smallest absolute Gasteiger partial charge is 0.151 e. The maximum absolute atomic E-state index is 13.9. The molecule has 0 aliphatic carbocycles. The number of carbonyl (C=O) groups excluding carboxylic acids is 1. The monoisotopic (exact) mass is 281 g/mol. The Morgan fingerprint density at radius 2 is 1.80 bits per heavy atom. The van der Waals surface area contributed by atoms with Crippen LogP contribution in [0, 0.1) is 0 Å². The molecule has 1 unspecified atom stereocenters. The van der Waals surface area contributed by atoms with Crippen molar-refractivity contribution in [2.45, 2.75) is 53.0 Å². The molecule has 0 bridgehead atoms. The summed E-state index contributed by atoms with van der Waals surface area (Å²) in [5.74, 6) is -0.416. The van der Waals surface area contributed by atoms with E-state index in [9.17, 15) is 9.18 Å². The number of hydrogen-bond acceptors (Lipinski definition) is 2. The Balaban J connectivity index is 0.00000172. The first-order chi connectivity index (χ1) is 9.61. The van der Waals surface area contributed by atoms with Crippen molar-refractivity contribution in [1.29, 1.82) is 0 Å². The number of halogens is 1. The number of nitrogens with zero attached hydrogens (tertiary/aromatic N) is 1. The fraction of sp³-hybridized carbons (Fsp3) is 0.588. The Labute approximate surface area is 123 Å². The SMILES string of the molecule is C=C/C(F)=C(\C=C/C)C(C(C)=O)N1CCCCC1.CC. The molecule has 0 aromatic carbocycles. The van der Waals surface area contributed by atoms with Gasteiger partial charge in [0.15, 0.2) is 5.78 Å². The van der Waals surface area contributed by atoms with Crippen LogP contribution in [0.2, 0.25) is 0 Å². The molecule has 0 aromatic heterocycles. The fourth-order valence-corrected chi connectivity index (χ4v) is 2.45. The van der Waals surface area contributed by atoms with Crippen LogP contribution in [0.4, 0.5) is 4.39 Å². The van der Waals surface area contributed by atoms with Gasteiger partial charge in [0.25, 0.3) is 0 Å². The number of piperidine rings is 1. The summed E-state index contributed by atoms with van der Waals surface area (Å²) < 4.78 is 13.9. The minimum absolute atomic E-state index is 0.0120. The molecular weight excluding hydrogens is 253 g/mol. The van der Waals surface area contributed by atoms with Gasteiger partial charge in [-0.25, -0.2) is 4.39 Å². The lowest BCUT2D eigenvalue weighted by atomic mass is 9.97. The third-order valence-electron chi connectivity index (χ3n) is 3.24. The quantitative estimate of drug-likeness (QED) is 0.694. The standard InChI is InChI=1S/C15H22FNO.C2H6/c1-4-9-13(14(16)5-2)15(12(3)18)17-10-7-6-8-11-17;1-2/h4-5,9,15H,2,6-8,10-11H2,1,3H3;1-2H3/b9-4-,14-13-;. The van der Waals surface area contributed by atoms with Gasteiger partial charge in [-0.3, -0.25) is 9.69 Å². The van der Waals surface area contributed by atoms with Crippen molar-refractivity contribution in [3.63, 3.8) is 0 Å².